The van der Waals surface area contributed by atoms with Crippen LogP contribution in [-0.4, -0.2) is 0 Å². The first-order chi connectivity index (χ1) is 11.1. The second-order valence-electron chi connectivity index (χ2n) is 6.88. The van der Waals surface area contributed by atoms with Gasteiger partial charge in [-0.1, -0.05) is 58.1 Å². The molecule has 0 atom stereocenters. The van der Waals surface area contributed by atoms with E-state index in [4.69, 9.17) is 0 Å². The van der Waals surface area contributed by atoms with Crippen molar-refractivity contribution in [2.75, 3.05) is 0 Å². The molecule has 3 rings (SSSR count). The Morgan fingerprint density at radius 2 is 1.30 bits per heavy atom. The third-order valence-corrected chi connectivity index (χ3v) is 6.56. The van der Waals surface area contributed by atoms with Gasteiger partial charge < -0.3 is 0 Å². The number of fused-ring (bicyclic) bond motifs is 3. The van der Waals surface area contributed by atoms with E-state index in [0.717, 1.165) is 0 Å². The molecule has 1 aliphatic rings. The third-order valence-electron chi connectivity index (χ3n) is 5.22. The summed E-state index contributed by atoms with van der Waals surface area (Å²) in [7, 11) is 0. The van der Waals surface area contributed by atoms with Crippen molar-refractivity contribution in [3.05, 3.63) is 54.7 Å². The minimum absolute atomic E-state index is 0.180. The van der Waals surface area contributed by atoms with Crippen LogP contribution in [0.5, 0.6) is 0 Å². The summed E-state index contributed by atoms with van der Waals surface area (Å²) in [5, 5.41) is 0. The predicted molar refractivity (Wildman–Crippen MR) is 117 cm³/mol. The SMILES string of the molecule is CCCCCCCC1(C)c2cc(I)ccc2-c2ccc(I)cc21. The first-order valence-electron chi connectivity index (χ1n) is 8.66. The summed E-state index contributed by atoms with van der Waals surface area (Å²) < 4.78 is 2.70. The van der Waals surface area contributed by atoms with Crippen LogP contribution in [0.1, 0.15) is 63.5 Å². The maximum absolute atomic E-state index is 2.46. The standard InChI is InChI=1S/C21H24I2/c1-3-4-5-6-7-12-21(2)19-13-15(22)8-10-17(19)18-11-9-16(23)14-20(18)21/h8-11,13-14H,3-7,12H2,1-2H3. The van der Waals surface area contributed by atoms with Gasteiger partial charge in [-0.25, -0.2) is 0 Å². The normalized spacial score (nSPS) is 14.6. The molecule has 0 aliphatic heterocycles. The van der Waals surface area contributed by atoms with Gasteiger partial charge in [0.05, 0.1) is 0 Å². The van der Waals surface area contributed by atoms with Crippen LogP contribution in [0.15, 0.2) is 36.4 Å². The van der Waals surface area contributed by atoms with Crippen molar-refractivity contribution in [2.45, 2.75) is 57.8 Å². The Bertz CT molecular complexity index is 651. The summed E-state index contributed by atoms with van der Waals surface area (Å²) in [6, 6.07) is 14.0. The zero-order valence-corrected chi connectivity index (χ0v) is 18.3. The Balaban J connectivity index is 1.95. The van der Waals surface area contributed by atoms with Gasteiger partial charge in [0.15, 0.2) is 0 Å². The Morgan fingerprint density at radius 3 is 1.83 bits per heavy atom. The van der Waals surface area contributed by atoms with E-state index >= 15 is 0 Å². The van der Waals surface area contributed by atoms with E-state index < -0.39 is 0 Å². The van der Waals surface area contributed by atoms with Gasteiger partial charge in [-0.3, -0.25) is 0 Å². The molecule has 0 unspecified atom stereocenters. The molecule has 0 saturated heterocycles. The molecule has 122 valence electrons. The lowest BCUT2D eigenvalue weighted by molar-refractivity contribution is 0.483. The number of benzene rings is 2. The van der Waals surface area contributed by atoms with E-state index in [1.54, 1.807) is 0 Å². The molecule has 0 nitrogen and oxygen atoms in total. The largest absolute Gasteiger partial charge is 0.0654 e. The third kappa shape index (κ3) is 3.48. The lowest BCUT2D eigenvalue weighted by atomic mass is 9.76. The minimum atomic E-state index is 0.180. The molecule has 0 N–H and O–H groups in total. The highest BCUT2D eigenvalue weighted by molar-refractivity contribution is 14.1. The van der Waals surface area contributed by atoms with E-state index in [2.05, 4.69) is 95.4 Å². The molecule has 1 aliphatic carbocycles. The predicted octanol–water partition coefficient (Wildman–Crippen LogP) is 7.54. The number of unbranched alkanes of at least 4 members (excludes halogenated alkanes) is 4. The average Bonchev–Trinajstić information content (AvgIpc) is 2.76. The Kier molecular flexibility index (Phi) is 5.72. The van der Waals surface area contributed by atoms with Crippen LogP contribution in [-0.2, 0) is 5.41 Å². The van der Waals surface area contributed by atoms with Crippen LogP contribution < -0.4 is 0 Å². The van der Waals surface area contributed by atoms with Crippen molar-refractivity contribution < 1.29 is 0 Å². The van der Waals surface area contributed by atoms with Gasteiger partial charge in [-0.05, 0) is 98.1 Å². The van der Waals surface area contributed by atoms with E-state index in [9.17, 15) is 0 Å². The molecular formula is C21H24I2. The minimum Gasteiger partial charge on any atom is -0.0654 e. The van der Waals surface area contributed by atoms with Gasteiger partial charge in [0.2, 0.25) is 0 Å². The van der Waals surface area contributed by atoms with E-state index in [0.29, 0.717) is 0 Å². The summed E-state index contributed by atoms with van der Waals surface area (Å²) in [5.74, 6) is 0. The quantitative estimate of drug-likeness (QED) is 0.268. The van der Waals surface area contributed by atoms with Crippen molar-refractivity contribution in [2.24, 2.45) is 0 Å². The van der Waals surface area contributed by atoms with Crippen molar-refractivity contribution in [1.82, 2.24) is 0 Å². The van der Waals surface area contributed by atoms with Gasteiger partial charge >= 0.3 is 0 Å². The molecule has 0 fully saturated rings. The highest BCUT2D eigenvalue weighted by Crippen LogP contribution is 2.51. The summed E-state index contributed by atoms with van der Waals surface area (Å²) in [5.41, 5.74) is 6.16. The molecule has 2 heteroatoms. The summed E-state index contributed by atoms with van der Waals surface area (Å²) in [6.07, 6.45) is 8.02. The van der Waals surface area contributed by atoms with Crippen LogP contribution in [0, 0.1) is 7.14 Å². The molecular weight excluding hydrogens is 506 g/mol. The monoisotopic (exact) mass is 530 g/mol. The van der Waals surface area contributed by atoms with Crippen LogP contribution in [0.3, 0.4) is 0 Å². The fourth-order valence-corrected chi connectivity index (χ4v) is 4.89. The molecule has 23 heavy (non-hydrogen) atoms. The first kappa shape index (κ1) is 17.7. The van der Waals surface area contributed by atoms with Crippen LogP contribution >= 0.6 is 45.2 Å². The molecule has 0 radical (unpaired) electrons. The maximum Gasteiger partial charge on any atom is 0.0187 e. The zero-order valence-electron chi connectivity index (χ0n) is 14.0. The summed E-state index contributed by atoms with van der Waals surface area (Å²) >= 11 is 4.90. The van der Waals surface area contributed by atoms with E-state index in [1.165, 1.54) is 67.9 Å². The lowest BCUT2D eigenvalue weighted by Gasteiger charge is -2.28. The topological polar surface area (TPSA) is 0 Å². The van der Waals surface area contributed by atoms with Gasteiger partial charge in [0, 0.05) is 12.6 Å². The fraction of sp³-hybridized carbons (Fsp3) is 0.429. The lowest BCUT2D eigenvalue weighted by Crippen LogP contribution is -2.21. The molecule has 2 aromatic carbocycles. The zero-order chi connectivity index (χ0) is 16.4. The number of hydrogen-bond acceptors (Lipinski definition) is 0. The highest BCUT2D eigenvalue weighted by Gasteiger charge is 2.38. The fourth-order valence-electron chi connectivity index (χ4n) is 3.91. The second-order valence-corrected chi connectivity index (χ2v) is 9.37. The van der Waals surface area contributed by atoms with Crippen molar-refractivity contribution >= 4 is 45.2 Å². The summed E-state index contributed by atoms with van der Waals surface area (Å²) in [4.78, 5) is 0. The smallest absolute Gasteiger partial charge is 0.0187 e. The van der Waals surface area contributed by atoms with E-state index in [1.807, 2.05) is 0 Å². The molecule has 0 heterocycles. The maximum atomic E-state index is 2.46. The second kappa shape index (κ2) is 7.42. The molecule has 0 saturated carbocycles. The van der Waals surface area contributed by atoms with Crippen molar-refractivity contribution in [3.63, 3.8) is 0 Å². The van der Waals surface area contributed by atoms with Crippen molar-refractivity contribution in [1.29, 1.82) is 0 Å². The van der Waals surface area contributed by atoms with Crippen molar-refractivity contribution in [3.8, 4) is 11.1 Å². The van der Waals surface area contributed by atoms with Gasteiger partial charge in [0.1, 0.15) is 0 Å². The molecule has 0 bridgehead atoms. The van der Waals surface area contributed by atoms with Gasteiger partial charge in [0.25, 0.3) is 0 Å². The molecule has 0 spiro atoms. The first-order valence-corrected chi connectivity index (χ1v) is 10.8. The number of halogens is 2. The molecule has 2 aromatic rings. The van der Waals surface area contributed by atoms with Gasteiger partial charge in [-0.15, -0.1) is 0 Å². The van der Waals surface area contributed by atoms with E-state index in [-0.39, 0.29) is 5.41 Å². The Morgan fingerprint density at radius 1 is 0.783 bits per heavy atom. The van der Waals surface area contributed by atoms with Crippen LogP contribution in [0.4, 0.5) is 0 Å². The molecule has 0 aromatic heterocycles. The van der Waals surface area contributed by atoms with Crippen LogP contribution in [0.25, 0.3) is 11.1 Å². The summed E-state index contributed by atoms with van der Waals surface area (Å²) in [6.45, 7) is 4.75. The highest BCUT2D eigenvalue weighted by atomic mass is 127. The van der Waals surface area contributed by atoms with Gasteiger partial charge in [-0.2, -0.15) is 0 Å². The Labute approximate surface area is 167 Å². The van der Waals surface area contributed by atoms with Crippen LogP contribution in [0.2, 0.25) is 0 Å². The number of hydrogen-bond donors (Lipinski definition) is 0. The number of rotatable bonds is 6. The Hall–Kier alpha value is -0.100. The molecule has 0 amide bonds. The average molecular weight is 530 g/mol.